The number of hydrogen-bond acceptors (Lipinski definition) is 2. The molecule has 1 heterocycles. The minimum atomic E-state index is -0.905. The molecule has 0 radical (unpaired) electrons. The van der Waals surface area contributed by atoms with Gasteiger partial charge in [-0.05, 0) is 51.1 Å². The zero-order chi connectivity index (χ0) is 14.8. The summed E-state index contributed by atoms with van der Waals surface area (Å²) < 4.78 is 15.0. The van der Waals surface area contributed by atoms with Crippen LogP contribution in [0.4, 0.5) is 4.39 Å². The highest BCUT2D eigenvalue weighted by Gasteiger charge is 2.38. The van der Waals surface area contributed by atoms with Gasteiger partial charge in [-0.3, -0.25) is 9.69 Å². The van der Waals surface area contributed by atoms with Gasteiger partial charge in [0.15, 0.2) is 0 Å². The van der Waals surface area contributed by atoms with Gasteiger partial charge in [0.05, 0.1) is 12.0 Å². The summed E-state index contributed by atoms with van der Waals surface area (Å²) >= 11 is 3.35. The lowest BCUT2D eigenvalue weighted by Gasteiger charge is -2.43. The molecule has 20 heavy (non-hydrogen) atoms. The fraction of sp³-hybridized carbons (Fsp3) is 0.533. The van der Waals surface area contributed by atoms with Crippen molar-refractivity contribution in [2.45, 2.75) is 38.1 Å². The van der Waals surface area contributed by atoms with Crippen LogP contribution < -0.4 is 0 Å². The third-order valence-electron chi connectivity index (χ3n) is 4.06. The Hall–Kier alpha value is -0.940. The first-order valence-electron chi connectivity index (χ1n) is 6.86. The van der Waals surface area contributed by atoms with Crippen LogP contribution in [0.3, 0.4) is 0 Å². The summed E-state index contributed by atoms with van der Waals surface area (Å²) in [5.41, 5.74) is -0.351. The van der Waals surface area contributed by atoms with Crippen molar-refractivity contribution >= 4 is 21.9 Å². The van der Waals surface area contributed by atoms with E-state index in [1.54, 1.807) is 12.1 Å². The number of carbonyl (C=O) groups is 1. The van der Waals surface area contributed by atoms with E-state index in [0.717, 1.165) is 36.8 Å². The largest absolute Gasteiger partial charge is 0.481 e. The molecule has 0 spiro atoms. The van der Waals surface area contributed by atoms with Crippen molar-refractivity contribution in [2.24, 2.45) is 0 Å². The van der Waals surface area contributed by atoms with Crippen molar-refractivity contribution in [2.75, 3.05) is 13.1 Å². The average molecular weight is 344 g/mol. The van der Waals surface area contributed by atoms with Crippen LogP contribution >= 0.6 is 15.9 Å². The molecule has 5 heteroatoms. The number of benzene rings is 1. The van der Waals surface area contributed by atoms with Crippen LogP contribution in [0.1, 0.15) is 38.2 Å². The Bertz CT molecular complexity index is 503. The molecule has 0 aromatic heterocycles. The second-order valence-electron chi connectivity index (χ2n) is 5.52. The normalized spacial score (nSPS) is 19.6. The van der Waals surface area contributed by atoms with Crippen molar-refractivity contribution < 1.29 is 14.3 Å². The van der Waals surface area contributed by atoms with Crippen LogP contribution in [-0.2, 0) is 10.3 Å². The lowest BCUT2D eigenvalue weighted by Crippen LogP contribution is -2.48. The van der Waals surface area contributed by atoms with Crippen molar-refractivity contribution in [3.63, 3.8) is 0 Å². The summed E-state index contributed by atoms with van der Waals surface area (Å²) in [6.45, 7) is 3.46. The molecule has 1 aromatic rings. The van der Waals surface area contributed by atoms with Gasteiger partial charge >= 0.3 is 5.97 Å². The van der Waals surface area contributed by atoms with Crippen LogP contribution in [0.25, 0.3) is 0 Å². The maximum absolute atomic E-state index is 14.2. The van der Waals surface area contributed by atoms with Crippen LogP contribution in [0, 0.1) is 5.82 Å². The second kappa shape index (κ2) is 6.22. The van der Waals surface area contributed by atoms with E-state index < -0.39 is 11.5 Å². The number of rotatable bonds is 4. The minimum absolute atomic E-state index is 0.0969. The molecule has 1 atom stereocenters. The van der Waals surface area contributed by atoms with Gasteiger partial charge in [-0.1, -0.05) is 22.4 Å². The van der Waals surface area contributed by atoms with Gasteiger partial charge in [-0.25, -0.2) is 4.39 Å². The number of aliphatic carboxylic acids is 1. The van der Waals surface area contributed by atoms with Gasteiger partial charge < -0.3 is 5.11 Å². The summed E-state index contributed by atoms with van der Waals surface area (Å²) in [4.78, 5) is 13.4. The molecule has 1 aromatic carbocycles. The van der Waals surface area contributed by atoms with Gasteiger partial charge in [0, 0.05) is 10.0 Å². The Morgan fingerprint density at radius 3 is 2.65 bits per heavy atom. The smallest absolute Gasteiger partial charge is 0.305 e. The van der Waals surface area contributed by atoms with Crippen molar-refractivity contribution in [1.29, 1.82) is 0 Å². The first-order valence-corrected chi connectivity index (χ1v) is 7.65. The molecule has 0 bridgehead atoms. The van der Waals surface area contributed by atoms with Gasteiger partial charge in [0.2, 0.25) is 0 Å². The molecule has 1 aliphatic rings. The van der Waals surface area contributed by atoms with Crippen LogP contribution in [0.15, 0.2) is 22.7 Å². The van der Waals surface area contributed by atoms with E-state index in [1.165, 1.54) is 6.07 Å². The molecule has 0 amide bonds. The monoisotopic (exact) mass is 343 g/mol. The lowest BCUT2D eigenvalue weighted by molar-refractivity contribution is -0.140. The second-order valence-corrected chi connectivity index (χ2v) is 6.43. The molecule has 1 saturated heterocycles. The maximum Gasteiger partial charge on any atom is 0.305 e. The van der Waals surface area contributed by atoms with Gasteiger partial charge in [-0.15, -0.1) is 0 Å². The topological polar surface area (TPSA) is 40.5 Å². The number of nitrogens with zero attached hydrogens (tertiary/aromatic N) is 1. The summed E-state index contributed by atoms with van der Waals surface area (Å²) in [5, 5.41) is 9.24. The van der Waals surface area contributed by atoms with Gasteiger partial charge in [0.25, 0.3) is 0 Å². The molecule has 2 rings (SSSR count). The van der Waals surface area contributed by atoms with Crippen molar-refractivity contribution in [3.8, 4) is 0 Å². The summed E-state index contributed by atoms with van der Waals surface area (Å²) in [6, 6.07) is 4.73. The van der Waals surface area contributed by atoms with E-state index in [2.05, 4.69) is 20.8 Å². The molecule has 1 fully saturated rings. The van der Waals surface area contributed by atoms with Gasteiger partial charge in [0.1, 0.15) is 5.82 Å². The predicted molar refractivity (Wildman–Crippen MR) is 79.1 cm³/mol. The van der Waals surface area contributed by atoms with Gasteiger partial charge in [-0.2, -0.15) is 0 Å². The molecular formula is C15H19BrFNO2. The summed E-state index contributed by atoms with van der Waals surface area (Å²) in [5.74, 6) is -1.25. The van der Waals surface area contributed by atoms with E-state index in [-0.39, 0.29) is 12.2 Å². The van der Waals surface area contributed by atoms with E-state index in [9.17, 15) is 14.3 Å². The fourth-order valence-electron chi connectivity index (χ4n) is 2.97. The number of carboxylic acid groups (broad SMARTS) is 1. The number of halogens is 2. The SMILES string of the molecule is CC(CC(=O)O)(c1cc(Br)ccc1F)N1CCCCC1. The molecule has 110 valence electrons. The highest BCUT2D eigenvalue weighted by molar-refractivity contribution is 9.10. The zero-order valence-electron chi connectivity index (χ0n) is 11.5. The first kappa shape index (κ1) is 15.4. The third kappa shape index (κ3) is 3.20. The number of hydrogen-bond donors (Lipinski definition) is 1. The van der Waals surface area contributed by atoms with Crippen molar-refractivity contribution in [1.82, 2.24) is 4.90 Å². The molecule has 0 aliphatic carbocycles. The minimum Gasteiger partial charge on any atom is -0.481 e. The average Bonchev–Trinajstić information content (AvgIpc) is 2.41. The number of likely N-dealkylation sites (tertiary alicyclic amines) is 1. The van der Waals surface area contributed by atoms with Crippen LogP contribution in [0.2, 0.25) is 0 Å². The molecule has 1 aliphatic heterocycles. The Balaban J connectivity index is 2.44. The van der Waals surface area contributed by atoms with E-state index in [4.69, 9.17) is 0 Å². The van der Waals surface area contributed by atoms with E-state index in [1.807, 2.05) is 6.92 Å². The molecule has 3 nitrogen and oxygen atoms in total. The summed E-state index contributed by atoms with van der Waals surface area (Å²) in [7, 11) is 0. The Morgan fingerprint density at radius 2 is 2.05 bits per heavy atom. The standard InChI is InChI=1S/C15H19BrFNO2/c1-15(10-14(19)20,18-7-3-2-4-8-18)12-9-11(16)5-6-13(12)17/h5-6,9H,2-4,7-8,10H2,1H3,(H,19,20). The highest BCUT2D eigenvalue weighted by atomic mass is 79.9. The zero-order valence-corrected chi connectivity index (χ0v) is 13.1. The van der Waals surface area contributed by atoms with Crippen molar-refractivity contribution in [3.05, 3.63) is 34.1 Å². The molecule has 1 unspecified atom stereocenters. The Morgan fingerprint density at radius 1 is 1.40 bits per heavy atom. The maximum atomic E-state index is 14.2. The first-order chi connectivity index (χ1) is 9.43. The van der Waals surface area contributed by atoms with E-state index in [0.29, 0.717) is 5.56 Å². The highest BCUT2D eigenvalue weighted by Crippen LogP contribution is 2.36. The molecule has 0 saturated carbocycles. The number of carboxylic acids is 1. The fourth-order valence-corrected chi connectivity index (χ4v) is 3.33. The Kier molecular flexibility index (Phi) is 4.81. The third-order valence-corrected chi connectivity index (χ3v) is 4.55. The van der Waals surface area contributed by atoms with Crippen LogP contribution in [0.5, 0.6) is 0 Å². The molecule has 1 N–H and O–H groups in total. The Labute approximate surface area is 126 Å². The van der Waals surface area contributed by atoms with E-state index >= 15 is 0 Å². The predicted octanol–water partition coefficient (Wildman–Crippen LogP) is 3.76. The lowest BCUT2D eigenvalue weighted by atomic mass is 9.85. The quantitative estimate of drug-likeness (QED) is 0.904. The molecular weight excluding hydrogens is 325 g/mol. The number of piperidine rings is 1. The summed E-state index contributed by atoms with van der Waals surface area (Å²) in [6.07, 6.45) is 3.12. The van der Waals surface area contributed by atoms with Crippen LogP contribution in [-0.4, -0.2) is 29.1 Å².